The Hall–Kier alpha value is -1.88. The molecule has 5 nitrogen and oxygen atoms in total. The maximum Gasteiger partial charge on any atom is 0.221 e. The number of rotatable bonds is 8. The van der Waals surface area contributed by atoms with Crippen LogP contribution in [0.25, 0.3) is 11.0 Å². The molecule has 1 atom stereocenters. The summed E-state index contributed by atoms with van der Waals surface area (Å²) in [6.45, 7) is 5.04. The Bertz CT molecular complexity index is 605. The average Bonchev–Trinajstić information content (AvgIpc) is 2.95. The highest BCUT2D eigenvalue weighted by Gasteiger charge is 2.16. The van der Waals surface area contributed by atoms with Crippen LogP contribution in [0, 0.1) is 5.92 Å². The standard InChI is InChI=1S/C17H25N3O2/c1-3-13(4-2)16(21)11-18-17(22)9-10-20-12-19-14-7-5-6-8-15(14)20/h5-8,12-13,16,21H,3-4,9-11H2,1-2H3,(H,18,22). The lowest BCUT2D eigenvalue weighted by atomic mass is 9.96. The molecule has 1 aromatic heterocycles. The van der Waals surface area contributed by atoms with Crippen LogP contribution in [0.15, 0.2) is 30.6 Å². The highest BCUT2D eigenvalue weighted by Crippen LogP contribution is 2.13. The van der Waals surface area contributed by atoms with Gasteiger partial charge in [0, 0.05) is 19.5 Å². The molecule has 0 aliphatic carbocycles. The fraction of sp³-hybridized carbons (Fsp3) is 0.529. The molecule has 0 radical (unpaired) electrons. The second-order valence-electron chi connectivity index (χ2n) is 5.62. The van der Waals surface area contributed by atoms with Gasteiger partial charge in [-0.25, -0.2) is 4.98 Å². The molecule has 0 aliphatic heterocycles. The fourth-order valence-electron chi connectivity index (χ4n) is 2.72. The Morgan fingerprint density at radius 1 is 1.32 bits per heavy atom. The van der Waals surface area contributed by atoms with Crippen molar-refractivity contribution in [3.05, 3.63) is 30.6 Å². The number of benzene rings is 1. The van der Waals surface area contributed by atoms with Crippen LogP contribution < -0.4 is 5.32 Å². The lowest BCUT2D eigenvalue weighted by Crippen LogP contribution is -2.36. The van der Waals surface area contributed by atoms with E-state index in [-0.39, 0.29) is 11.8 Å². The van der Waals surface area contributed by atoms with Crippen molar-refractivity contribution in [1.82, 2.24) is 14.9 Å². The van der Waals surface area contributed by atoms with Gasteiger partial charge in [-0.1, -0.05) is 38.8 Å². The van der Waals surface area contributed by atoms with E-state index in [1.54, 1.807) is 6.33 Å². The fourth-order valence-corrected chi connectivity index (χ4v) is 2.72. The number of para-hydroxylation sites is 2. The summed E-state index contributed by atoms with van der Waals surface area (Å²) >= 11 is 0. The Morgan fingerprint density at radius 2 is 2.05 bits per heavy atom. The average molecular weight is 303 g/mol. The molecular formula is C17H25N3O2. The van der Waals surface area contributed by atoms with Crippen LogP contribution in [0.3, 0.4) is 0 Å². The number of hydrogen-bond donors (Lipinski definition) is 2. The zero-order valence-corrected chi connectivity index (χ0v) is 13.3. The molecule has 0 bridgehead atoms. The Balaban J connectivity index is 1.80. The lowest BCUT2D eigenvalue weighted by Gasteiger charge is -2.20. The molecular weight excluding hydrogens is 278 g/mol. The van der Waals surface area contributed by atoms with Crippen LogP contribution in [0.5, 0.6) is 0 Å². The molecule has 22 heavy (non-hydrogen) atoms. The molecule has 0 fully saturated rings. The summed E-state index contributed by atoms with van der Waals surface area (Å²) in [5.74, 6) is 0.209. The van der Waals surface area contributed by atoms with Gasteiger partial charge in [0.15, 0.2) is 0 Å². The molecule has 1 unspecified atom stereocenters. The van der Waals surface area contributed by atoms with E-state index in [0.29, 0.717) is 19.5 Å². The highest BCUT2D eigenvalue weighted by molar-refractivity contribution is 5.77. The molecule has 120 valence electrons. The SMILES string of the molecule is CCC(CC)C(O)CNC(=O)CCn1cnc2ccccc21. The van der Waals surface area contributed by atoms with Gasteiger partial charge < -0.3 is 15.0 Å². The Kier molecular flexibility index (Phi) is 5.95. The number of hydrogen-bond acceptors (Lipinski definition) is 3. The summed E-state index contributed by atoms with van der Waals surface area (Å²) < 4.78 is 1.98. The molecule has 5 heteroatoms. The zero-order valence-electron chi connectivity index (χ0n) is 13.3. The van der Waals surface area contributed by atoms with Gasteiger partial charge in [0.25, 0.3) is 0 Å². The number of nitrogens with zero attached hydrogens (tertiary/aromatic N) is 2. The number of aliphatic hydroxyl groups is 1. The van der Waals surface area contributed by atoms with Gasteiger partial charge in [0.05, 0.1) is 23.5 Å². The van der Waals surface area contributed by atoms with E-state index in [0.717, 1.165) is 23.9 Å². The molecule has 2 N–H and O–H groups in total. The minimum absolute atomic E-state index is 0.0391. The van der Waals surface area contributed by atoms with Gasteiger partial charge in [-0.05, 0) is 18.1 Å². The Morgan fingerprint density at radius 3 is 2.77 bits per heavy atom. The summed E-state index contributed by atoms with van der Waals surface area (Å²) in [5, 5.41) is 12.8. The van der Waals surface area contributed by atoms with Crippen LogP contribution in [0.2, 0.25) is 0 Å². The van der Waals surface area contributed by atoms with Gasteiger partial charge in [-0.2, -0.15) is 0 Å². The van der Waals surface area contributed by atoms with Crippen molar-refractivity contribution in [3.8, 4) is 0 Å². The number of aromatic nitrogens is 2. The van der Waals surface area contributed by atoms with Gasteiger partial charge in [-0.3, -0.25) is 4.79 Å². The molecule has 0 saturated carbocycles. The zero-order chi connectivity index (χ0) is 15.9. The van der Waals surface area contributed by atoms with E-state index in [1.165, 1.54) is 0 Å². The van der Waals surface area contributed by atoms with Crippen molar-refractivity contribution in [2.45, 2.75) is 45.8 Å². The van der Waals surface area contributed by atoms with Crippen LogP contribution >= 0.6 is 0 Å². The number of nitrogens with one attached hydrogen (secondary N) is 1. The second kappa shape index (κ2) is 7.94. The molecule has 0 aliphatic rings. The molecule has 2 rings (SSSR count). The van der Waals surface area contributed by atoms with Crippen molar-refractivity contribution < 1.29 is 9.90 Å². The van der Waals surface area contributed by atoms with Gasteiger partial charge in [-0.15, -0.1) is 0 Å². The molecule has 0 saturated heterocycles. The summed E-state index contributed by atoms with van der Waals surface area (Å²) in [7, 11) is 0. The van der Waals surface area contributed by atoms with Crippen molar-refractivity contribution >= 4 is 16.9 Å². The van der Waals surface area contributed by atoms with E-state index in [4.69, 9.17) is 0 Å². The van der Waals surface area contributed by atoms with E-state index in [2.05, 4.69) is 24.1 Å². The third kappa shape index (κ3) is 4.07. The first-order valence-corrected chi connectivity index (χ1v) is 8.00. The largest absolute Gasteiger partial charge is 0.391 e. The topological polar surface area (TPSA) is 67.2 Å². The predicted molar refractivity (Wildman–Crippen MR) is 87.4 cm³/mol. The number of aliphatic hydroxyl groups excluding tert-OH is 1. The second-order valence-corrected chi connectivity index (χ2v) is 5.62. The quantitative estimate of drug-likeness (QED) is 0.786. The van der Waals surface area contributed by atoms with E-state index < -0.39 is 6.10 Å². The van der Waals surface area contributed by atoms with Crippen LogP contribution in [-0.2, 0) is 11.3 Å². The third-order valence-electron chi connectivity index (χ3n) is 4.21. The van der Waals surface area contributed by atoms with Crippen LogP contribution in [0.4, 0.5) is 0 Å². The first-order chi connectivity index (χ1) is 10.7. The number of amides is 1. The van der Waals surface area contributed by atoms with Crippen molar-refractivity contribution in [2.24, 2.45) is 5.92 Å². The van der Waals surface area contributed by atoms with Crippen LogP contribution in [-0.4, -0.2) is 33.2 Å². The molecule has 1 amide bonds. The van der Waals surface area contributed by atoms with E-state index >= 15 is 0 Å². The minimum Gasteiger partial charge on any atom is -0.391 e. The molecule has 1 heterocycles. The number of aryl methyl sites for hydroxylation is 1. The monoisotopic (exact) mass is 303 g/mol. The van der Waals surface area contributed by atoms with Crippen LogP contribution in [0.1, 0.15) is 33.1 Å². The predicted octanol–water partition coefficient (Wildman–Crippen LogP) is 2.34. The summed E-state index contributed by atoms with van der Waals surface area (Å²) in [6, 6.07) is 7.87. The van der Waals surface area contributed by atoms with E-state index in [1.807, 2.05) is 28.8 Å². The summed E-state index contributed by atoms with van der Waals surface area (Å²) in [4.78, 5) is 16.2. The van der Waals surface area contributed by atoms with E-state index in [9.17, 15) is 9.90 Å². The summed E-state index contributed by atoms with van der Waals surface area (Å²) in [6.07, 6.45) is 3.53. The minimum atomic E-state index is -0.465. The first-order valence-electron chi connectivity index (χ1n) is 8.00. The third-order valence-corrected chi connectivity index (χ3v) is 4.21. The highest BCUT2D eigenvalue weighted by atomic mass is 16.3. The number of carbonyl (C=O) groups is 1. The molecule has 1 aromatic carbocycles. The molecule has 2 aromatic rings. The lowest BCUT2D eigenvalue weighted by molar-refractivity contribution is -0.121. The molecule has 0 spiro atoms. The maximum atomic E-state index is 11.9. The summed E-state index contributed by atoms with van der Waals surface area (Å²) in [5.41, 5.74) is 1.97. The normalized spacial score (nSPS) is 12.7. The van der Waals surface area contributed by atoms with Crippen molar-refractivity contribution in [1.29, 1.82) is 0 Å². The first kappa shape index (κ1) is 16.5. The Labute approximate surface area is 131 Å². The maximum absolute atomic E-state index is 11.9. The number of fused-ring (bicyclic) bond motifs is 1. The number of imidazole rings is 1. The van der Waals surface area contributed by atoms with Gasteiger partial charge in [0.1, 0.15) is 0 Å². The smallest absolute Gasteiger partial charge is 0.221 e. The van der Waals surface area contributed by atoms with Crippen molar-refractivity contribution in [3.63, 3.8) is 0 Å². The number of carbonyl (C=O) groups excluding carboxylic acids is 1. The van der Waals surface area contributed by atoms with Gasteiger partial charge >= 0.3 is 0 Å². The van der Waals surface area contributed by atoms with Crippen molar-refractivity contribution in [2.75, 3.05) is 6.54 Å². The van der Waals surface area contributed by atoms with Gasteiger partial charge in [0.2, 0.25) is 5.91 Å².